The summed E-state index contributed by atoms with van der Waals surface area (Å²) in [6.45, 7) is 0. The van der Waals surface area contributed by atoms with Crippen molar-refractivity contribution in [2.45, 2.75) is 37.9 Å². The Morgan fingerprint density at radius 2 is 1.25 bits per heavy atom. The first-order chi connectivity index (χ1) is 5.85. The fourth-order valence-electron chi connectivity index (χ4n) is 2.66. The summed E-state index contributed by atoms with van der Waals surface area (Å²) < 4.78 is 10.8. The van der Waals surface area contributed by atoms with Gasteiger partial charge in [0.2, 0.25) is 0 Å². The van der Waals surface area contributed by atoms with Crippen LogP contribution in [0.1, 0.15) is 25.7 Å². The van der Waals surface area contributed by atoms with E-state index in [4.69, 9.17) is 9.47 Å². The molecule has 0 saturated heterocycles. The van der Waals surface area contributed by atoms with Gasteiger partial charge < -0.3 is 9.47 Å². The molecule has 2 aliphatic carbocycles. The van der Waals surface area contributed by atoms with Crippen LogP contribution in [0.5, 0.6) is 0 Å². The van der Waals surface area contributed by atoms with Gasteiger partial charge in [0.25, 0.3) is 0 Å². The molecule has 4 unspecified atom stereocenters. The molecule has 2 rings (SSSR count). The molecule has 0 spiro atoms. The minimum Gasteiger partial charge on any atom is -0.379 e. The van der Waals surface area contributed by atoms with E-state index in [-0.39, 0.29) is 0 Å². The third-order valence-electron chi connectivity index (χ3n) is 3.67. The van der Waals surface area contributed by atoms with Crippen LogP contribution in [0.3, 0.4) is 0 Å². The first-order valence-corrected chi connectivity index (χ1v) is 4.90. The minimum atomic E-state index is 0.358. The van der Waals surface area contributed by atoms with Crippen molar-refractivity contribution in [1.82, 2.24) is 0 Å². The highest BCUT2D eigenvalue weighted by Crippen LogP contribution is 2.46. The maximum Gasteiger partial charge on any atom is 0.0835 e. The zero-order chi connectivity index (χ0) is 8.55. The lowest BCUT2D eigenvalue weighted by atomic mass is 9.64. The summed E-state index contributed by atoms with van der Waals surface area (Å²) in [6.07, 6.45) is 5.99. The number of hydrogen-bond acceptors (Lipinski definition) is 2. The predicted molar refractivity (Wildman–Crippen MR) is 47.0 cm³/mol. The average molecular weight is 170 g/mol. The second-order valence-electron chi connectivity index (χ2n) is 4.12. The maximum atomic E-state index is 5.42. The molecule has 0 aromatic heterocycles. The van der Waals surface area contributed by atoms with Gasteiger partial charge in [-0.15, -0.1) is 0 Å². The second kappa shape index (κ2) is 3.35. The van der Waals surface area contributed by atoms with E-state index in [1.807, 2.05) is 0 Å². The lowest BCUT2D eigenvalue weighted by Crippen LogP contribution is -2.45. The molecule has 0 aromatic rings. The molecule has 0 N–H and O–H groups in total. The van der Waals surface area contributed by atoms with Gasteiger partial charge >= 0.3 is 0 Å². The van der Waals surface area contributed by atoms with Crippen LogP contribution in [0.15, 0.2) is 0 Å². The fourth-order valence-corrected chi connectivity index (χ4v) is 2.66. The van der Waals surface area contributed by atoms with Crippen molar-refractivity contribution in [2.24, 2.45) is 11.8 Å². The Balaban J connectivity index is 1.95. The summed E-state index contributed by atoms with van der Waals surface area (Å²) in [6, 6.07) is 0. The van der Waals surface area contributed by atoms with Crippen LogP contribution in [0.25, 0.3) is 0 Å². The van der Waals surface area contributed by atoms with Gasteiger partial charge in [-0.1, -0.05) is 0 Å². The Kier molecular flexibility index (Phi) is 2.37. The van der Waals surface area contributed by atoms with E-state index in [1.54, 1.807) is 14.2 Å². The Bertz CT molecular complexity index is 140. The van der Waals surface area contributed by atoms with Crippen molar-refractivity contribution in [3.05, 3.63) is 0 Å². The van der Waals surface area contributed by atoms with Crippen molar-refractivity contribution in [3.8, 4) is 0 Å². The number of methoxy groups -OCH3 is 2. The molecule has 0 aromatic carbocycles. The molecule has 4 atom stereocenters. The summed E-state index contributed by atoms with van der Waals surface area (Å²) in [4.78, 5) is 0. The topological polar surface area (TPSA) is 18.5 Å². The van der Waals surface area contributed by atoms with E-state index in [9.17, 15) is 0 Å². The van der Waals surface area contributed by atoms with E-state index in [0.29, 0.717) is 12.2 Å². The molecule has 2 nitrogen and oxygen atoms in total. The quantitative estimate of drug-likeness (QED) is 0.629. The highest BCUT2D eigenvalue weighted by molar-refractivity contribution is 4.92. The molecule has 2 aliphatic rings. The van der Waals surface area contributed by atoms with Gasteiger partial charge in [-0.25, -0.2) is 0 Å². The summed E-state index contributed by atoms with van der Waals surface area (Å²) in [5.41, 5.74) is 0. The lowest BCUT2D eigenvalue weighted by molar-refractivity contribution is -0.108. The van der Waals surface area contributed by atoms with Crippen LogP contribution in [-0.2, 0) is 9.47 Å². The predicted octanol–water partition coefficient (Wildman–Crippen LogP) is 1.84. The van der Waals surface area contributed by atoms with Gasteiger partial charge in [0, 0.05) is 14.2 Å². The van der Waals surface area contributed by atoms with Crippen molar-refractivity contribution in [1.29, 1.82) is 0 Å². The van der Waals surface area contributed by atoms with Crippen molar-refractivity contribution in [2.75, 3.05) is 14.2 Å². The molecule has 0 bridgehead atoms. The van der Waals surface area contributed by atoms with Crippen LogP contribution in [0.2, 0.25) is 0 Å². The molecule has 0 aliphatic heterocycles. The van der Waals surface area contributed by atoms with Crippen molar-refractivity contribution in [3.63, 3.8) is 0 Å². The summed E-state index contributed by atoms with van der Waals surface area (Å²) in [5.74, 6) is 1.89. The van der Waals surface area contributed by atoms with Crippen LogP contribution in [0.4, 0.5) is 0 Å². The molecule has 2 saturated carbocycles. The van der Waals surface area contributed by atoms with Gasteiger partial charge in [-0.2, -0.15) is 0 Å². The third-order valence-corrected chi connectivity index (χ3v) is 3.67. The zero-order valence-electron chi connectivity index (χ0n) is 7.95. The molecule has 0 radical (unpaired) electrons. The van der Waals surface area contributed by atoms with E-state index >= 15 is 0 Å². The highest BCUT2D eigenvalue weighted by atomic mass is 16.5. The minimum absolute atomic E-state index is 0.358. The first kappa shape index (κ1) is 8.52. The Labute approximate surface area is 74.2 Å². The summed E-state index contributed by atoms with van der Waals surface area (Å²) >= 11 is 0. The molecule has 0 heterocycles. The Morgan fingerprint density at radius 3 is 1.50 bits per heavy atom. The highest BCUT2D eigenvalue weighted by Gasteiger charge is 2.41. The third kappa shape index (κ3) is 1.27. The van der Waals surface area contributed by atoms with E-state index < -0.39 is 0 Å². The molecular formula is C10H18O2. The maximum absolute atomic E-state index is 5.42. The zero-order valence-corrected chi connectivity index (χ0v) is 7.95. The Hall–Kier alpha value is -0.0800. The SMILES string of the molecule is COC1CC2CCC2CC1OC. The lowest BCUT2D eigenvalue weighted by Gasteiger charge is -2.46. The van der Waals surface area contributed by atoms with Crippen LogP contribution in [-0.4, -0.2) is 26.4 Å². The normalized spacial score (nSPS) is 46.5. The van der Waals surface area contributed by atoms with Gasteiger partial charge in [0.1, 0.15) is 0 Å². The van der Waals surface area contributed by atoms with E-state index in [2.05, 4.69) is 0 Å². The van der Waals surface area contributed by atoms with Crippen LogP contribution in [0, 0.1) is 11.8 Å². The number of rotatable bonds is 2. The number of hydrogen-bond donors (Lipinski definition) is 0. The number of fused-ring (bicyclic) bond motifs is 1. The largest absolute Gasteiger partial charge is 0.379 e. The van der Waals surface area contributed by atoms with E-state index in [0.717, 1.165) is 11.8 Å². The molecule has 2 fully saturated rings. The smallest absolute Gasteiger partial charge is 0.0835 e. The Morgan fingerprint density at radius 1 is 0.833 bits per heavy atom. The van der Waals surface area contributed by atoms with Gasteiger partial charge in [-0.05, 0) is 37.5 Å². The fraction of sp³-hybridized carbons (Fsp3) is 1.00. The monoisotopic (exact) mass is 170 g/mol. The molecule has 0 amide bonds. The van der Waals surface area contributed by atoms with Crippen LogP contribution >= 0.6 is 0 Å². The summed E-state index contributed by atoms with van der Waals surface area (Å²) in [5, 5.41) is 0. The second-order valence-corrected chi connectivity index (χ2v) is 4.12. The first-order valence-electron chi connectivity index (χ1n) is 4.90. The molecule has 70 valence electrons. The van der Waals surface area contributed by atoms with E-state index in [1.165, 1.54) is 25.7 Å². The van der Waals surface area contributed by atoms with Crippen molar-refractivity contribution < 1.29 is 9.47 Å². The molecular weight excluding hydrogens is 152 g/mol. The molecule has 12 heavy (non-hydrogen) atoms. The average Bonchev–Trinajstić information content (AvgIpc) is 2.07. The molecule has 2 heteroatoms. The van der Waals surface area contributed by atoms with Gasteiger partial charge in [0.15, 0.2) is 0 Å². The van der Waals surface area contributed by atoms with Gasteiger partial charge in [-0.3, -0.25) is 0 Å². The number of ether oxygens (including phenoxy) is 2. The van der Waals surface area contributed by atoms with Gasteiger partial charge in [0.05, 0.1) is 12.2 Å². The van der Waals surface area contributed by atoms with Crippen molar-refractivity contribution >= 4 is 0 Å². The summed E-state index contributed by atoms with van der Waals surface area (Å²) in [7, 11) is 3.60. The standard InChI is InChI=1S/C10H18O2/c1-11-9-5-7-3-4-8(7)6-10(9)12-2/h7-10H,3-6H2,1-2H3. The van der Waals surface area contributed by atoms with Crippen LogP contribution < -0.4 is 0 Å².